The van der Waals surface area contributed by atoms with Gasteiger partial charge >= 0.3 is 0 Å². The predicted octanol–water partition coefficient (Wildman–Crippen LogP) is 4.10. The number of halogens is 1. The van der Waals surface area contributed by atoms with Gasteiger partial charge in [-0.15, -0.1) is 0 Å². The number of H-pyrrole nitrogens is 1. The average Bonchev–Trinajstić information content (AvgIpc) is 2.75. The Morgan fingerprint density at radius 2 is 2.20 bits per heavy atom. The molecule has 6 heteroatoms. The number of hydrogen-bond donors (Lipinski definition) is 1. The Hall–Kier alpha value is -0.910. The van der Waals surface area contributed by atoms with Crippen LogP contribution >= 0.6 is 23.8 Å². The summed E-state index contributed by atoms with van der Waals surface area (Å²) in [5, 5.41) is 0.611. The van der Waals surface area contributed by atoms with Gasteiger partial charge in [-0.05, 0) is 31.1 Å². The molecule has 0 atom stereocenters. The zero-order valence-electron chi connectivity index (χ0n) is 11.3. The molecule has 0 bridgehead atoms. The highest BCUT2D eigenvalue weighted by Gasteiger charge is 2.14. The molecule has 3 rings (SSSR count). The molecule has 1 fully saturated rings. The highest BCUT2D eigenvalue weighted by molar-refractivity contribution is 7.71. The van der Waals surface area contributed by atoms with Gasteiger partial charge < -0.3 is 9.72 Å². The number of nitrogens with zero attached hydrogens (tertiary/aromatic N) is 2. The largest absolute Gasteiger partial charge is 0.376 e. The van der Waals surface area contributed by atoms with E-state index in [2.05, 4.69) is 9.97 Å². The number of pyridine rings is 1. The fraction of sp³-hybridized carbons (Fsp3) is 0.571. The molecule has 1 saturated carbocycles. The Bertz CT molecular complexity index is 645. The summed E-state index contributed by atoms with van der Waals surface area (Å²) in [5.41, 5.74) is 1.71. The summed E-state index contributed by atoms with van der Waals surface area (Å²) in [6.45, 7) is 1.40. The van der Waals surface area contributed by atoms with Gasteiger partial charge in [-0.2, -0.15) is 0 Å². The van der Waals surface area contributed by atoms with E-state index in [1.54, 1.807) is 6.20 Å². The first-order valence-corrected chi connectivity index (χ1v) is 7.88. The lowest BCUT2D eigenvalue weighted by atomic mass is 9.98. The van der Waals surface area contributed by atoms with Crippen LogP contribution < -0.4 is 0 Å². The normalized spacial score (nSPS) is 16.9. The van der Waals surface area contributed by atoms with E-state index in [1.165, 1.54) is 32.1 Å². The number of nitrogens with one attached hydrogen (secondary N) is 1. The summed E-state index contributed by atoms with van der Waals surface area (Å²) < 4.78 is 8.59. The van der Waals surface area contributed by atoms with Gasteiger partial charge in [0.05, 0.1) is 29.8 Å². The highest BCUT2D eigenvalue weighted by atomic mass is 35.5. The Kier molecular flexibility index (Phi) is 4.38. The molecule has 0 saturated heterocycles. The van der Waals surface area contributed by atoms with E-state index in [0.29, 0.717) is 22.5 Å². The first-order chi connectivity index (χ1) is 9.74. The van der Waals surface area contributed by atoms with E-state index in [-0.39, 0.29) is 0 Å². The van der Waals surface area contributed by atoms with Gasteiger partial charge in [-0.25, -0.2) is 4.98 Å². The molecule has 0 amide bonds. The Balaban J connectivity index is 1.68. The van der Waals surface area contributed by atoms with Crippen LogP contribution in [0, 0.1) is 4.77 Å². The molecular formula is C14H18ClN3OS. The standard InChI is InChI=1S/C14H18ClN3OS/c15-10-8-12-13(16-9-10)18(14(20)17-12)6-7-19-11-4-2-1-3-5-11/h8-9,11H,1-7H2,(H,17,20). The maximum atomic E-state index is 5.95. The molecule has 2 aromatic rings. The van der Waals surface area contributed by atoms with Gasteiger partial charge in [0.15, 0.2) is 10.4 Å². The summed E-state index contributed by atoms with van der Waals surface area (Å²) in [4.78, 5) is 7.48. The van der Waals surface area contributed by atoms with Crippen LogP contribution in [-0.4, -0.2) is 27.2 Å². The maximum absolute atomic E-state index is 5.95. The number of aromatic nitrogens is 3. The van der Waals surface area contributed by atoms with Crippen LogP contribution in [0.25, 0.3) is 11.2 Å². The number of ether oxygens (including phenoxy) is 1. The Morgan fingerprint density at radius 1 is 1.40 bits per heavy atom. The van der Waals surface area contributed by atoms with Crippen molar-refractivity contribution in [1.82, 2.24) is 14.5 Å². The lowest BCUT2D eigenvalue weighted by Gasteiger charge is -2.22. The molecule has 0 spiro atoms. The highest BCUT2D eigenvalue weighted by Crippen LogP contribution is 2.21. The quantitative estimate of drug-likeness (QED) is 0.865. The topological polar surface area (TPSA) is 42.8 Å². The van der Waals surface area contributed by atoms with Crippen molar-refractivity contribution in [3.05, 3.63) is 22.1 Å². The van der Waals surface area contributed by atoms with E-state index >= 15 is 0 Å². The first-order valence-electron chi connectivity index (χ1n) is 7.10. The molecule has 20 heavy (non-hydrogen) atoms. The van der Waals surface area contributed by atoms with Crippen LogP contribution in [0.5, 0.6) is 0 Å². The summed E-state index contributed by atoms with van der Waals surface area (Å²) >= 11 is 11.3. The third-order valence-electron chi connectivity index (χ3n) is 3.80. The van der Waals surface area contributed by atoms with Crippen molar-refractivity contribution in [3.8, 4) is 0 Å². The molecule has 0 aromatic carbocycles. The molecule has 108 valence electrons. The van der Waals surface area contributed by atoms with E-state index < -0.39 is 0 Å². The average molecular weight is 312 g/mol. The molecule has 0 unspecified atom stereocenters. The maximum Gasteiger partial charge on any atom is 0.179 e. The SMILES string of the molecule is S=c1[nH]c2cc(Cl)cnc2n1CCOC1CCCCC1. The van der Waals surface area contributed by atoms with Gasteiger partial charge in [0.1, 0.15) is 0 Å². The molecule has 1 N–H and O–H groups in total. The second-order valence-corrected chi connectivity index (χ2v) is 6.06. The van der Waals surface area contributed by atoms with Gasteiger partial charge in [0.2, 0.25) is 0 Å². The molecule has 1 aliphatic carbocycles. The molecular weight excluding hydrogens is 294 g/mol. The summed E-state index contributed by atoms with van der Waals surface area (Å²) in [5.74, 6) is 0. The minimum atomic E-state index is 0.422. The molecule has 2 heterocycles. The van der Waals surface area contributed by atoms with Crippen LogP contribution in [0.4, 0.5) is 0 Å². The third-order valence-corrected chi connectivity index (χ3v) is 4.33. The van der Waals surface area contributed by atoms with Gasteiger partial charge in [0.25, 0.3) is 0 Å². The molecule has 0 aliphatic heterocycles. The predicted molar refractivity (Wildman–Crippen MR) is 82.8 cm³/mol. The number of rotatable bonds is 4. The number of aromatic amines is 1. The van der Waals surface area contributed by atoms with Gasteiger partial charge in [-0.3, -0.25) is 4.57 Å². The second kappa shape index (κ2) is 6.24. The minimum Gasteiger partial charge on any atom is -0.376 e. The molecule has 4 nitrogen and oxygen atoms in total. The van der Waals surface area contributed by atoms with Crippen LogP contribution in [0.1, 0.15) is 32.1 Å². The molecule has 2 aromatic heterocycles. The van der Waals surface area contributed by atoms with Gasteiger partial charge in [-0.1, -0.05) is 30.9 Å². The van der Waals surface area contributed by atoms with Crippen molar-refractivity contribution in [2.75, 3.05) is 6.61 Å². The minimum absolute atomic E-state index is 0.422. The lowest BCUT2D eigenvalue weighted by molar-refractivity contribution is 0.0243. The van der Waals surface area contributed by atoms with E-state index in [0.717, 1.165) is 17.7 Å². The van der Waals surface area contributed by atoms with Crippen molar-refractivity contribution in [2.24, 2.45) is 0 Å². The fourth-order valence-electron chi connectivity index (χ4n) is 2.77. The summed E-state index contributed by atoms with van der Waals surface area (Å²) in [6, 6.07) is 1.85. The number of imidazole rings is 1. The fourth-order valence-corrected chi connectivity index (χ4v) is 3.21. The number of fused-ring (bicyclic) bond motifs is 1. The number of hydrogen-bond acceptors (Lipinski definition) is 3. The third kappa shape index (κ3) is 3.05. The monoisotopic (exact) mass is 311 g/mol. The van der Waals surface area contributed by atoms with E-state index in [4.69, 9.17) is 28.6 Å². The zero-order chi connectivity index (χ0) is 13.9. The molecule has 0 radical (unpaired) electrons. The van der Waals surface area contributed by atoms with Crippen molar-refractivity contribution in [2.45, 2.75) is 44.8 Å². The van der Waals surface area contributed by atoms with Crippen molar-refractivity contribution >= 4 is 35.0 Å². The second-order valence-electron chi connectivity index (χ2n) is 5.24. The van der Waals surface area contributed by atoms with Crippen molar-refractivity contribution in [1.29, 1.82) is 0 Å². The van der Waals surface area contributed by atoms with Gasteiger partial charge in [0, 0.05) is 6.20 Å². The van der Waals surface area contributed by atoms with Crippen LogP contribution in [0.15, 0.2) is 12.3 Å². The molecule has 1 aliphatic rings. The van der Waals surface area contributed by atoms with E-state index in [9.17, 15) is 0 Å². The van der Waals surface area contributed by atoms with Crippen LogP contribution in [0.2, 0.25) is 5.02 Å². The Morgan fingerprint density at radius 3 is 3.00 bits per heavy atom. The van der Waals surface area contributed by atoms with Crippen LogP contribution in [0.3, 0.4) is 0 Å². The summed E-state index contributed by atoms with van der Waals surface area (Å²) in [7, 11) is 0. The van der Waals surface area contributed by atoms with Crippen molar-refractivity contribution < 1.29 is 4.74 Å². The zero-order valence-corrected chi connectivity index (χ0v) is 12.8. The summed E-state index contributed by atoms with van der Waals surface area (Å²) in [6.07, 6.45) is 8.36. The van der Waals surface area contributed by atoms with E-state index in [1.807, 2.05) is 10.6 Å². The van der Waals surface area contributed by atoms with Crippen molar-refractivity contribution in [3.63, 3.8) is 0 Å². The smallest absolute Gasteiger partial charge is 0.179 e. The van der Waals surface area contributed by atoms with Crippen LogP contribution in [-0.2, 0) is 11.3 Å². The Labute approximate surface area is 128 Å². The first kappa shape index (κ1) is 14.0. The lowest BCUT2D eigenvalue weighted by Crippen LogP contribution is -2.19.